The standard InChI is InChI=1S/C13H22N4S2/c1-10-15-11(9-19-10)8-16-4-6-17(7-5-16)13(2,3)12(14)18/h9H,4-8H2,1-3H3,(H2,14,18). The SMILES string of the molecule is Cc1nc(CN2CCN(C(C)(C)C(N)=S)CC2)cs1. The first-order valence-electron chi connectivity index (χ1n) is 6.58. The van der Waals surface area contributed by atoms with Crippen LogP contribution >= 0.6 is 23.6 Å². The van der Waals surface area contributed by atoms with Crippen molar-refractivity contribution in [2.75, 3.05) is 26.2 Å². The quantitative estimate of drug-likeness (QED) is 0.856. The summed E-state index contributed by atoms with van der Waals surface area (Å²) in [6, 6.07) is 0. The molecule has 1 aliphatic heterocycles. The summed E-state index contributed by atoms with van der Waals surface area (Å²) in [4.78, 5) is 9.92. The van der Waals surface area contributed by atoms with E-state index in [1.165, 1.54) is 5.69 Å². The van der Waals surface area contributed by atoms with E-state index < -0.39 is 0 Å². The lowest BCUT2D eigenvalue weighted by molar-refractivity contribution is 0.0815. The van der Waals surface area contributed by atoms with E-state index >= 15 is 0 Å². The van der Waals surface area contributed by atoms with E-state index in [9.17, 15) is 0 Å². The van der Waals surface area contributed by atoms with Crippen LogP contribution in [0.2, 0.25) is 0 Å². The summed E-state index contributed by atoms with van der Waals surface area (Å²) in [6.45, 7) is 11.3. The molecule has 4 nitrogen and oxygen atoms in total. The van der Waals surface area contributed by atoms with E-state index in [2.05, 4.69) is 40.9 Å². The van der Waals surface area contributed by atoms with Gasteiger partial charge in [0.2, 0.25) is 0 Å². The molecule has 0 radical (unpaired) electrons. The minimum atomic E-state index is -0.182. The number of nitrogens with zero attached hydrogens (tertiary/aromatic N) is 3. The van der Waals surface area contributed by atoms with Gasteiger partial charge in [-0.05, 0) is 20.8 Å². The van der Waals surface area contributed by atoms with Crippen molar-refractivity contribution in [1.29, 1.82) is 0 Å². The smallest absolute Gasteiger partial charge is 0.0928 e. The molecule has 19 heavy (non-hydrogen) atoms. The second-order valence-corrected chi connectivity index (χ2v) is 7.05. The van der Waals surface area contributed by atoms with Crippen LogP contribution in [0.15, 0.2) is 5.38 Å². The van der Waals surface area contributed by atoms with Crippen molar-refractivity contribution in [2.45, 2.75) is 32.9 Å². The summed E-state index contributed by atoms with van der Waals surface area (Å²) in [5.41, 5.74) is 6.83. The Labute approximate surface area is 124 Å². The summed E-state index contributed by atoms with van der Waals surface area (Å²) < 4.78 is 0. The lowest BCUT2D eigenvalue weighted by Gasteiger charge is -2.43. The number of thiocarbonyl (C=S) groups is 1. The summed E-state index contributed by atoms with van der Waals surface area (Å²) in [5.74, 6) is 0. The van der Waals surface area contributed by atoms with E-state index in [1.807, 2.05) is 0 Å². The third-order valence-corrected chi connectivity index (χ3v) is 5.14. The molecule has 2 rings (SSSR count). The van der Waals surface area contributed by atoms with Crippen LogP contribution in [0.1, 0.15) is 24.5 Å². The molecule has 1 fully saturated rings. The molecule has 0 bridgehead atoms. The van der Waals surface area contributed by atoms with E-state index in [0.717, 1.165) is 37.7 Å². The number of rotatable bonds is 4. The second-order valence-electron chi connectivity index (χ2n) is 5.54. The van der Waals surface area contributed by atoms with Gasteiger partial charge >= 0.3 is 0 Å². The van der Waals surface area contributed by atoms with Crippen molar-refractivity contribution < 1.29 is 0 Å². The Morgan fingerprint density at radius 1 is 1.42 bits per heavy atom. The highest BCUT2D eigenvalue weighted by Crippen LogP contribution is 2.19. The minimum Gasteiger partial charge on any atom is -0.392 e. The third-order valence-electron chi connectivity index (χ3n) is 3.82. The van der Waals surface area contributed by atoms with Gasteiger partial charge in [-0.1, -0.05) is 12.2 Å². The molecule has 106 valence electrons. The number of thiazole rings is 1. The normalized spacial score (nSPS) is 18.7. The van der Waals surface area contributed by atoms with Crippen molar-refractivity contribution >= 4 is 28.5 Å². The summed E-state index contributed by atoms with van der Waals surface area (Å²) >= 11 is 6.88. The molecule has 0 spiro atoms. The predicted octanol–water partition coefficient (Wildman–Crippen LogP) is 1.63. The van der Waals surface area contributed by atoms with Crippen molar-refractivity contribution in [3.63, 3.8) is 0 Å². The summed E-state index contributed by atoms with van der Waals surface area (Å²) in [5, 5.41) is 3.30. The van der Waals surface area contributed by atoms with Crippen molar-refractivity contribution in [1.82, 2.24) is 14.8 Å². The molecular weight excluding hydrogens is 276 g/mol. The zero-order valence-corrected chi connectivity index (χ0v) is 13.5. The number of aryl methyl sites for hydroxylation is 1. The summed E-state index contributed by atoms with van der Waals surface area (Å²) in [6.07, 6.45) is 0. The van der Waals surface area contributed by atoms with E-state index in [-0.39, 0.29) is 5.54 Å². The second kappa shape index (κ2) is 5.83. The maximum atomic E-state index is 5.83. The molecule has 0 aliphatic carbocycles. The van der Waals surface area contributed by atoms with Crippen LogP contribution in [0.4, 0.5) is 0 Å². The highest BCUT2D eigenvalue weighted by Gasteiger charge is 2.32. The first-order valence-corrected chi connectivity index (χ1v) is 7.86. The number of hydrogen-bond donors (Lipinski definition) is 1. The van der Waals surface area contributed by atoms with Crippen molar-refractivity contribution in [3.05, 3.63) is 16.1 Å². The first kappa shape index (κ1) is 14.8. The van der Waals surface area contributed by atoms with Gasteiger partial charge in [0.15, 0.2) is 0 Å². The van der Waals surface area contributed by atoms with Gasteiger partial charge in [-0.2, -0.15) is 0 Å². The highest BCUT2D eigenvalue weighted by molar-refractivity contribution is 7.80. The Balaban J connectivity index is 1.87. The Kier molecular flexibility index (Phi) is 4.55. The van der Waals surface area contributed by atoms with Gasteiger partial charge < -0.3 is 5.73 Å². The largest absolute Gasteiger partial charge is 0.392 e. The Bertz CT molecular complexity index is 447. The number of aromatic nitrogens is 1. The third kappa shape index (κ3) is 3.51. The van der Waals surface area contributed by atoms with Gasteiger partial charge in [-0.25, -0.2) is 4.98 Å². The molecule has 1 aromatic rings. The Morgan fingerprint density at radius 2 is 2.05 bits per heavy atom. The number of piperazine rings is 1. The predicted molar refractivity (Wildman–Crippen MR) is 84.6 cm³/mol. The van der Waals surface area contributed by atoms with Crippen LogP contribution in [-0.4, -0.2) is 51.5 Å². The first-order chi connectivity index (χ1) is 8.89. The molecule has 0 unspecified atom stereocenters. The van der Waals surface area contributed by atoms with Gasteiger partial charge in [-0.15, -0.1) is 11.3 Å². The Hall–Kier alpha value is -0.560. The molecule has 1 aliphatic rings. The van der Waals surface area contributed by atoms with Crippen LogP contribution < -0.4 is 5.73 Å². The molecule has 0 amide bonds. The zero-order valence-electron chi connectivity index (χ0n) is 11.8. The fourth-order valence-electron chi connectivity index (χ4n) is 2.33. The maximum absolute atomic E-state index is 5.83. The van der Waals surface area contributed by atoms with Crippen LogP contribution in [0, 0.1) is 6.92 Å². The molecule has 6 heteroatoms. The summed E-state index contributed by atoms with van der Waals surface area (Å²) in [7, 11) is 0. The maximum Gasteiger partial charge on any atom is 0.0928 e. The number of nitrogens with two attached hydrogens (primary N) is 1. The van der Waals surface area contributed by atoms with Crippen molar-refractivity contribution in [2.24, 2.45) is 5.73 Å². The molecule has 0 atom stereocenters. The van der Waals surface area contributed by atoms with E-state index in [4.69, 9.17) is 18.0 Å². The van der Waals surface area contributed by atoms with E-state index in [1.54, 1.807) is 11.3 Å². The van der Waals surface area contributed by atoms with Gasteiger partial charge in [0, 0.05) is 38.1 Å². The average Bonchev–Trinajstić information content (AvgIpc) is 2.75. The molecule has 0 aromatic carbocycles. The molecule has 0 saturated carbocycles. The molecule has 2 N–H and O–H groups in total. The lowest BCUT2D eigenvalue weighted by Crippen LogP contribution is -2.59. The average molecular weight is 298 g/mol. The van der Waals surface area contributed by atoms with Gasteiger partial charge in [0.05, 0.1) is 21.2 Å². The van der Waals surface area contributed by atoms with Gasteiger partial charge in [0.1, 0.15) is 0 Å². The fraction of sp³-hybridized carbons (Fsp3) is 0.692. The number of hydrogen-bond acceptors (Lipinski definition) is 5. The molecule has 1 aromatic heterocycles. The Morgan fingerprint density at radius 3 is 2.53 bits per heavy atom. The van der Waals surface area contributed by atoms with Crippen LogP contribution in [0.25, 0.3) is 0 Å². The van der Waals surface area contributed by atoms with Crippen LogP contribution in [0.5, 0.6) is 0 Å². The molecule has 1 saturated heterocycles. The van der Waals surface area contributed by atoms with Gasteiger partial charge in [-0.3, -0.25) is 9.80 Å². The lowest BCUT2D eigenvalue weighted by atomic mass is 10.0. The fourth-order valence-corrected chi connectivity index (χ4v) is 3.06. The van der Waals surface area contributed by atoms with Gasteiger partial charge in [0.25, 0.3) is 0 Å². The topological polar surface area (TPSA) is 45.4 Å². The van der Waals surface area contributed by atoms with E-state index in [0.29, 0.717) is 4.99 Å². The monoisotopic (exact) mass is 298 g/mol. The zero-order chi connectivity index (χ0) is 14.0. The highest BCUT2D eigenvalue weighted by atomic mass is 32.1. The van der Waals surface area contributed by atoms with Crippen molar-refractivity contribution in [3.8, 4) is 0 Å². The van der Waals surface area contributed by atoms with Crippen LogP contribution in [-0.2, 0) is 6.54 Å². The molecule has 2 heterocycles. The molecular formula is C13H22N4S2. The minimum absolute atomic E-state index is 0.182. The van der Waals surface area contributed by atoms with Crippen LogP contribution in [0.3, 0.4) is 0 Å².